The SMILES string of the molecule is CC(C)=CCCC(C)(S)CCS(C)(=O)=O. The van der Waals surface area contributed by atoms with Crippen LogP contribution in [0, 0.1) is 0 Å². The lowest BCUT2D eigenvalue weighted by atomic mass is 10.0. The summed E-state index contributed by atoms with van der Waals surface area (Å²) in [6, 6.07) is 0. The van der Waals surface area contributed by atoms with Crippen molar-refractivity contribution in [3.05, 3.63) is 11.6 Å². The highest BCUT2D eigenvalue weighted by Gasteiger charge is 2.20. The molecule has 0 heterocycles. The van der Waals surface area contributed by atoms with Gasteiger partial charge in [0.25, 0.3) is 0 Å². The molecule has 0 aromatic carbocycles. The van der Waals surface area contributed by atoms with Crippen LogP contribution in [0.2, 0.25) is 0 Å². The Morgan fingerprint density at radius 2 is 1.87 bits per heavy atom. The first-order chi connectivity index (χ1) is 6.62. The standard InChI is InChI=1S/C11H22O2S2/c1-10(2)6-5-7-11(3,14)8-9-15(4,12)13/h6,14H,5,7-9H2,1-4H3. The van der Waals surface area contributed by atoms with Crippen LogP contribution < -0.4 is 0 Å². The number of sulfone groups is 1. The number of rotatable bonds is 6. The van der Waals surface area contributed by atoms with Gasteiger partial charge in [-0.05, 0) is 33.1 Å². The van der Waals surface area contributed by atoms with Crippen molar-refractivity contribution in [3.63, 3.8) is 0 Å². The number of allylic oxidation sites excluding steroid dienone is 2. The van der Waals surface area contributed by atoms with Crippen molar-refractivity contribution in [2.45, 2.75) is 44.8 Å². The highest BCUT2D eigenvalue weighted by Crippen LogP contribution is 2.25. The molecular formula is C11H22O2S2. The summed E-state index contributed by atoms with van der Waals surface area (Å²) in [4.78, 5) is 0. The minimum absolute atomic E-state index is 0.185. The molecule has 90 valence electrons. The van der Waals surface area contributed by atoms with Gasteiger partial charge in [0.2, 0.25) is 0 Å². The Morgan fingerprint density at radius 1 is 1.33 bits per heavy atom. The molecule has 0 saturated heterocycles. The first-order valence-corrected chi connectivity index (χ1v) is 7.67. The largest absolute Gasteiger partial charge is 0.229 e. The van der Waals surface area contributed by atoms with Crippen LogP contribution in [0.15, 0.2) is 11.6 Å². The molecule has 0 N–H and O–H groups in total. The quantitative estimate of drug-likeness (QED) is 0.581. The van der Waals surface area contributed by atoms with E-state index in [0.29, 0.717) is 6.42 Å². The Labute approximate surface area is 99.5 Å². The molecule has 0 spiro atoms. The second kappa shape index (κ2) is 5.94. The summed E-state index contributed by atoms with van der Waals surface area (Å²) in [5.74, 6) is 0.224. The van der Waals surface area contributed by atoms with Crippen LogP contribution in [-0.2, 0) is 9.84 Å². The molecule has 0 aliphatic carbocycles. The van der Waals surface area contributed by atoms with Gasteiger partial charge in [-0.25, -0.2) is 8.42 Å². The van der Waals surface area contributed by atoms with Gasteiger partial charge in [-0.2, -0.15) is 12.6 Å². The maximum Gasteiger partial charge on any atom is 0.147 e. The van der Waals surface area contributed by atoms with Gasteiger partial charge in [0, 0.05) is 11.0 Å². The summed E-state index contributed by atoms with van der Waals surface area (Å²) in [6.07, 6.45) is 5.93. The maximum absolute atomic E-state index is 11.0. The molecule has 15 heavy (non-hydrogen) atoms. The molecule has 0 aliphatic heterocycles. The molecule has 0 aliphatic rings. The summed E-state index contributed by atoms with van der Waals surface area (Å²) in [6.45, 7) is 6.12. The average Bonchev–Trinajstić information content (AvgIpc) is 1.99. The molecular weight excluding hydrogens is 228 g/mol. The molecule has 0 radical (unpaired) electrons. The highest BCUT2D eigenvalue weighted by molar-refractivity contribution is 7.90. The molecule has 0 aromatic heterocycles. The van der Waals surface area contributed by atoms with E-state index in [1.165, 1.54) is 11.8 Å². The van der Waals surface area contributed by atoms with Gasteiger partial charge >= 0.3 is 0 Å². The van der Waals surface area contributed by atoms with Crippen LogP contribution in [0.1, 0.15) is 40.0 Å². The smallest absolute Gasteiger partial charge is 0.147 e. The minimum Gasteiger partial charge on any atom is -0.229 e. The zero-order valence-electron chi connectivity index (χ0n) is 10.1. The number of hydrogen-bond acceptors (Lipinski definition) is 3. The van der Waals surface area contributed by atoms with Crippen molar-refractivity contribution in [3.8, 4) is 0 Å². The second-order valence-electron chi connectivity index (χ2n) is 4.70. The lowest BCUT2D eigenvalue weighted by Crippen LogP contribution is -2.21. The van der Waals surface area contributed by atoms with E-state index in [1.54, 1.807) is 0 Å². The van der Waals surface area contributed by atoms with Crippen molar-refractivity contribution < 1.29 is 8.42 Å². The lowest BCUT2D eigenvalue weighted by molar-refractivity contribution is 0.560. The van der Waals surface area contributed by atoms with Gasteiger partial charge in [0.15, 0.2) is 0 Å². The molecule has 0 aromatic rings. The predicted octanol–water partition coefficient (Wildman–Crippen LogP) is 2.86. The van der Waals surface area contributed by atoms with Gasteiger partial charge in [-0.15, -0.1) is 0 Å². The van der Waals surface area contributed by atoms with Gasteiger partial charge in [0.1, 0.15) is 9.84 Å². The summed E-state index contributed by atoms with van der Waals surface area (Å²) in [5, 5.41) is 0. The molecule has 0 rings (SSSR count). The van der Waals surface area contributed by atoms with Crippen LogP contribution in [0.4, 0.5) is 0 Å². The van der Waals surface area contributed by atoms with Crippen molar-refractivity contribution in [2.75, 3.05) is 12.0 Å². The zero-order chi connectivity index (χ0) is 12.1. The molecule has 1 unspecified atom stereocenters. The fourth-order valence-corrected chi connectivity index (χ4v) is 2.42. The molecule has 1 atom stereocenters. The van der Waals surface area contributed by atoms with Crippen LogP contribution in [0.5, 0.6) is 0 Å². The summed E-state index contributed by atoms with van der Waals surface area (Å²) >= 11 is 4.51. The Balaban J connectivity index is 4.03. The number of hydrogen-bond donors (Lipinski definition) is 1. The second-order valence-corrected chi connectivity index (χ2v) is 8.04. The van der Waals surface area contributed by atoms with Gasteiger partial charge in [0.05, 0.1) is 5.75 Å². The van der Waals surface area contributed by atoms with E-state index in [4.69, 9.17) is 0 Å². The van der Waals surface area contributed by atoms with E-state index in [1.807, 2.05) is 6.92 Å². The predicted molar refractivity (Wildman–Crippen MR) is 70.4 cm³/mol. The molecule has 4 heteroatoms. The van der Waals surface area contributed by atoms with Gasteiger partial charge < -0.3 is 0 Å². The van der Waals surface area contributed by atoms with E-state index < -0.39 is 9.84 Å². The van der Waals surface area contributed by atoms with Crippen LogP contribution in [0.3, 0.4) is 0 Å². The Bertz CT molecular complexity index is 309. The Hall–Kier alpha value is 0.0400. The minimum atomic E-state index is -2.86. The van der Waals surface area contributed by atoms with Crippen LogP contribution in [-0.4, -0.2) is 25.2 Å². The first-order valence-electron chi connectivity index (χ1n) is 5.16. The fraction of sp³-hybridized carbons (Fsp3) is 0.818. The number of thiol groups is 1. The van der Waals surface area contributed by atoms with Crippen molar-refractivity contribution in [1.82, 2.24) is 0 Å². The maximum atomic E-state index is 11.0. The Kier molecular flexibility index (Phi) is 5.96. The van der Waals surface area contributed by atoms with E-state index in [0.717, 1.165) is 12.8 Å². The topological polar surface area (TPSA) is 34.1 Å². The molecule has 0 saturated carbocycles. The van der Waals surface area contributed by atoms with E-state index in [9.17, 15) is 8.42 Å². The zero-order valence-corrected chi connectivity index (χ0v) is 11.8. The monoisotopic (exact) mass is 250 g/mol. The van der Waals surface area contributed by atoms with Crippen LogP contribution >= 0.6 is 12.6 Å². The highest BCUT2D eigenvalue weighted by atomic mass is 32.2. The third kappa shape index (κ3) is 10.3. The third-order valence-corrected chi connectivity index (χ3v) is 3.64. The van der Waals surface area contributed by atoms with Crippen molar-refractivity contribution in [2.24, 2.45) is 0 Å². The van der Waals surface area contributed by atoms with E-state index >= 15 is 0 Å². The molecule has 0 fully saturated rings. The fourth-order valence-electron chi connectivity index (χ4n) is 1.20. The van der Waals surface area contributed by atoms with Gasteiger partial charge in [-0.1, -0.05) is 18.6 Å². The molecule has 0 amide bonds. The summed E-state index contributed by atoms with van der Waals surface area (Å²) < 4.78 is 21.8. The van der Waals surface area contributed by atoms with E-state index in [-0.39, 0.29) is 10.5 Å². The summed E-state index contributed by atoms with van der Waals surface area (Å²) in [7, 11) is -2.86. The lowest BCUT2D eigenvalue weighted by Gasteiger charge is -2.22. The van der Waals surface area contributed by atoms with Crippen LogP contribution in [0.25, 0.3) is 0 Å². The average molecular weight is 250 g/mol. The normalized spacial score (nSPS) is 15.8. The van der Waals surface area contributed by atoms with E-state index in [2.05, 4.69) is 32.6 Å². The third-order valence-electron chi connectivity index (χ3n) is 2.25. The molecule has 2 nitrogen and oxygen atoms in total. The molecule has 0 bridgehead atoms. The van der Waals surface area contributed by atoms with Crippen molar-refractivity contribution in [1.29, 1.82) is 0 Å². The summed E-state index contributed by atoms with van der Waals surface area (Å²) in [5.41, 5.74) is 1.29. The first kappa shape index (κ1) is 15.0. The van der Waals surface area contributed by atoms with Gasteiger partial charge in [-0.3, -0.25) is 0 Å². The van der Waals surface area contributed by atoms with Crippen molar-refractivity contribution >= 4 is 22.5 Å². The Morgan fingerprint density at radius 3 is 2.27 bits per heavy atom.